The molecule has 2 heteroatoms. The minimum Gasteiger partial charge on any atom is -0.496 e. The molecule has 1 saturated heterocycles. The Bertz CT molecular complexity index is 358. The van der Waals surface area contributed by atoms with Crippen molar-refractivity contribution < 1.29 is 3.79 Å². The monoisotopic (exact) mass is 436 g/mol. The molecule has 1 aliphatic heterocycles. The Morgan fingerprint density at radius 1 is 0.633 bits per heavy atom. The average molecular weight is 437 g/mol. The second kappa shape index (κ2) is 19.0. The molecule has 0 spiro atoms. The van der Waals surface area contributed by atoms with Crippen LogP contribution in [0.15, 0.2) is 0 Å². The molecule has 1 rings (SSSR count). The van der Waals surface area contributed by atoms with Gasteiger partial charge in [-0.2, -0.15) is 0 Å². The van der Waals surface area contributed by atoms with Crippen LogP contribution in [0.3, 0.4) is 0 Å². The van der Waals surface area contributed by atoms with E-state index in [1.165, 1.54) is 139 Å². The number of unbranched alkanes of at least 4 members (excludes halogenated alkanes) is 12. The van der Waals surface area contributed by atoms with E-state index in [0.29, 0.717) is 0 Å². The van der Waals surface area contributed by atoms with E-state index in [2.05, 4.69) is 27.7 Å². The summed E-state index contributed by atoms with van der Waals surface area (Å²) in [5.41, 5.74) is 0.271. The number of hydrogen-bond acceptors (Lipinski definition) is 1. The predicted molar refractivity (Wildman–Crippen MR) is 138 cm³/mol. The van der Waals surface area contributed by atoms with Crippen LogP contribution in [0, 0.1) is 5.92 Å². The molecule has 1 atom stereocenters. The van der Waals surface area contributed by atoms with Gasteiger partial charge in [-0.25, -0.2) is 0 Å². The summed E-state index contributed by atoms with van der Waals surface area (Å²) in [6.45, 7) is 9.35. The lowest BCUT2D eigenvalue weighted by Gasteiger charge is -2.48. The summed E-state index contributed by atoms with van der Waals surface area (Å²) in [6, 6.07) is 0. The molecule has 0 amide bonds. The van der Waals surface area contributed by atoms with E-state index in [0.717, 1.165) is 5.92 Å². The van der Waals surface area contributed by atoms with Crippen molar-refractivity contribution in [2.75, 3.05) is 0 Å². The van der Waals surface area contributed by atoms with Gasteiger partial charge in [-0.15, -0.1) is 0 Å². The fourth-order valence-corrected chi connectivity index (χ4v) is 8.85. The lowest BCUT2D eigenvalue weighted by Crippen LogP contribution is -2.49. The van der Waals surface area contributed by atoms with Crippen molar-refractivity contribution in [1.29, 1.82) is 0 Å². The second-order valence-corrected chi connectivity index (χ2v) is 13.0. The first-order chi connectivity index (χ1) is 14.7. The Morgan fingerprint density at radius 2 is 1.13 bits per heavy atom. The molecule has 0 saturated carbocycles. The van der Waals surface area contributed by atoms with E-state index < -0.39 is 14.5 Å². The molecule has 30 heavy (non-hydrogen) atoms. The minimum atomic E-state index is -0.997. The number of rotatable bonds is 20. The van der Waals surface area contributed by atoms with Gasteiger partial charge in [-0.3, -0.25) is 0 Å². The highest BCUT2D eigenvalue weighted by Gasteiger charge is 2.45. The minimum absolute atomic E-state index is 0.271. The van der Waals surface area contributed by atoms with Gasteiger partial charge in [0.2, 0.25) is 0 Å². The zero-order valence-electron chi connectivity index (χ0n) is 21.6. The lowest BCUT2D eigenvalue weighted by atomic mass is 9.75. The van der Waals surface area contributed by atoms with Crippen molar-refractivity contribution in [2.45, 2.75) is 172 Å². The van der Waals surface area contributed by atoms with Gasteiger partial charge in [0.15, 0.2) is 0 Å². The van der Waals surface area contributed by atoms with Crippen molar-refractivity contribution >= 4 is 14.5 Å². The maximum Gasteiger partial charge on any atom is 0.461 e. The van der Waals surface area contributed by atoms with Crippen LogP contribution < -0.4 is 0 Å². The van der Waals surface area contributed by atoms with Gasteiger partial charge in [0.1, 0.15) is 0 Å². The first kappa shape index (κ1) is 28.5. The van der Waals surface area contributed by atoms with Gasteiger partial charge in [-0.1, -0.05) is 147 Å². The summed E-state index contributed by atoms with van der Waals surface area (Å²) in [6.07, 6.45) is 28.1. The zero-order valence-corrected chi connectivity index (χ0v) is 22.8. The molecule has 1 fully saturated rings. The van der Waals surface area contributed by atoms with E-state index in [1.807, 2.05) is 0 Å². The van der Waals surface area contributed by atoms with Crippen LogP contribution in [0.5, 0.6) is 0 Å². The largest absolute Gasteiger partial charge is 0.496 e. The molecule has 0 aromatic carbocycles. The molecule has 0 N–H and O–H groups in total. The molecule has 0 aromatic rings. The topological polar surface area (TPSA) is 9.23 Å². The van der Waals surface area contributed by atoms with E-state index in [1.54, 1.807) is 0 Å². The van der Waals surface area contributed by atoms with Gasteiger partial charge >= 0.3 is 14.5 Å². The predicted octanol–water partition coefficient (Wildman–Crippen LogP) is 10.2. The Hall–Kier alpha value is 0.492. The molecule has 1 nitrogen and oxygen atoms in total. The van der Waals surface area contributed by atoms with Crippen LogP contribution >= 0.6 is 0 Å². The molecule has 0 aliphatic carbocycles. The van der Waals surface area contributed by atoms with Gasteiger partial charge < -0.3 is 3.79 Å². The van der Waals surface area contributed by atoms with Crippen LogP contribution in [0.1, 0.15) is 156 Å². The van der Waals surface area contributed by atoms with Crippen LogP contribution in [-0.2, 0) is 3.79 Å². The summed E-state index contributed by atoms with van der Waals surface area (Å²) in [5, 5.41) is 2.92. The highest BCUT2D eigenvalue weighted by molar-refractivity contribution is 6.52. The fraction of sp³-hybridized carbons (Fsp3) is 1.00. The van der Waals surface area contributed by atoms with Gasteiger partial charge in [-0.05, 0) is 25.2 Å². The Labute approximate surface area is 196 Å². The van der Waals surface area contributed by atoms with E-state index in [9.17, 15) is 0 Å². The third kappa shape index (κ3) is 11.9. The van der Waals surface area contributed by atoms with Crippen molar-refractivity contribution in [3.8, 4) is 0 Å². The van der Waals surface area contributed by atoms with E-state index in [4.69, 9.17) is 3.79 Å². The smallest absolute Gasteiger partial charge is 0.461 e. The highest BCUT2D eigenvalue weighted by Crippen LogP contribution is 2.44. The SMILES string of the molecule is CCCCCCC1C[CH2][Al]([CH2]CCCCC)[O]C1(CCCCCC)CCCCCC. The zero-order chi connectivity index (χ0) is 21.9. The average Bonchev–Trinajstić information content (AvgIpc) is 2.76. The molecule has 0 aromatic heterocycles. The van der Waals surface area contributed by atoms with Crippen LogP contribution in [0.25, 0.3) is 0 Å². The van der Waals surface area contributed by atoms with Crippen molar-refractivity contribution in [2.24, 2.45) is 5.92 Å². The molecule has 1 aliphatic rings. The lowest BCUT2D eigenvalue weighted by molar-refractivity contribution is -0.0368. The summed E-state index contributed by atoms with van der Waals surface area (Å²) in [7, 11) is 0. The van der Waals surface area contributed by atoms with E-state index in [-0.39, 0.29) is 5.60 Å². The molecular formula is C28H57AlO. The molecular weight excluding hydrogens is 379 g/mol. The van der Waals surface area contributed by atoms with Crippen LogP contribution in [0.2, 0.25) is 10.6 Å². The Kier molecular flexibility index (Phi) is 18.1. The highest BCUT2D eigenvalue weighted by atomic mass is 27.2. The fourth-order valence-electron chi connectivity index (χ4n) is 5.72. The summed E-state index contributed by atoms with van der Waals surface area (Å²) >= 11 is -0.997. The van der Waals surface area contributed by atoms with Gasteiger partial charge in [0.05, 0.1) is 0 Å². The Balaban J connectivity index is 2.77. The standard InChI is InChI=1S/C22H44O.C6H13.Al/c1-5-9-12-15-18-21(8-4)22(23,19-16-13-10-6-2)20-17-14-11-7-3;1-3-5-6-4-2;/h21H,4-20H2,1-3H3;1,3-6H2,2H3;/q-1;;+1. The van der Waals surface area contributed by atoms with Crippen molar-refractivity contribution in [3.63, 3.8) is 0 Å². The van der Waals surface area contributed by atoms with E-state index >= 15 is 0 Å². The maximum absolute atomic E-state index is 7.32. The van der Waals surface area contributed by atoms with Crippen molar-refractivity contribution in [1.82, 2.24) is 0 Å². The summed E-state index contributed by atoms with van der Waals surface area (Å²) in [4.78, 5) is 0. The quantitative estimate of drug-likeness (QED) is 0.136. The summed E-state index contributed by atoms with van der Waals surface area (Å²) in [5.74, 6) is 0.858. The third-order valence-corrected chi connectivity index (χ3v) is 10.5. The van der Waals surface area contributed by atoms with Crippen LogP contribution in [-0.4, -0.2) is 20.1 Å². The first-order valence-corrected chi connectivity index (χ1v) is 16.5. The number of hydrogen-bond donors (Lipinski definition) is 0. The third-order valence-electron chi connectivity index (χ3n) is 7.68. The molecule has 0 radical (unpaired) electrons. The second-order valence-electron chi connectivity index (χ2n) is 10.4. The van der Waals surface area contributed by atoms with Gasteiger partial charge in [0.25, 0.3) is 0 Å². The Morgan fingerprint density at radius 3 is 1.67 bits per heavy atom. The normalized spacial score (nSPS) is 18.8. The van der Waals surface area contributed by atoms with Gasteiger partial charge in [0, 0.05) is 5.60 Å². The molecule has 178 valence electrons. The molecule has 1 heterocycles. The summed E-state index contributed by atoms with van der Waals surface area (Å²) < 4.78 is 7.32. The van der Waals surface area contributed by atoms with Crippen LogP contribution in [0.4, 0.5) is 0 Å². The maximum atomic E-state index is 7.32. The molecule has 0 bridgehead atoms. The van der Waals surface area contributed by atoms with Crippen molar-refractivity contribution in [3.05, 3.63) is 0 Å². The first-order valence-electron chi connectivity index (χ1n) is 14.4. The molecule has 1 unspecified atom stereocenters.